The maximum absolute atomic E-state index is 2.35. The molecule has 0 N–H and O–H groups in total. The molecule has 0 aromatic carbocycles. The molecule has 0 amide bonds. The Bertz CT molecular complexity index is 147. The van der Waals surface area contributed by atoms with Gasteiger partial charge in [0.05, 0.1) is 0 Å². The largest absolute Gasteiger partial charge is 0.155 e. The molecule has 0 bridgehead atoms. The van der Waals surface area contributed by atoms with Gasteiger partial charge in [-0.05, 0) is 42.8 Å². The van der Waals surface area contributed by atoms with Gasteiger partial charge in [0, 0.05) is 5.25 Å². The molecule has 1 unspecified atom stereocenters. The van der Waals surface area contributed by atoms with Gasteiger partial charge in [0.25, 0.3) is 0 Å². The average Bonchev–Trinajstić information content (AvgIpc) is 1.95. The average molecular weight is 214 g/mol. The quantitative estimate of drug-likeness (QED) is 0.616. The van der Waals surface area contributed by atoms with Crippen molar-refractivity contribution >= 4 is 11.8 Å². The first-order chi connectivity index (χ1) is 6.59. The molecule has 1 atom stereocenters. The van der Waals surface area contributed by atoms with E-state index in [1.807, 2.05) is 0 Å². The van der Waals surface area contributed by atoms with E-state index in [-0.39, 0.29) is 0 Å². The summed E-state index contributed by atoms with van der Waals surface area (Å²) in [4.78, 5) is 0. The van der Waals surface area contributed by atoms with Crippen LogP contribution in [0, 0.1) is 11.8 Å². The summed E-state index contributed by atoms with van der Waals surface area (Å²) < 4.78 is 0. The number of thioether (sulfide) groups is 1. The van der Waals surface area contributed by atoms with Crippen molar-refractivity contribution in [2.45, 2.75) is 70.3 Å². The van der Waals surface area contributed by atoms with Gasteiger partial charge in [0.1, 0.15) is 0 Å². The number of hydrogen-bond acceptors (Lipinski definition) is 1. The minimum atomic E-state index is 0.813. The highest BCUT2D eigenvalue weighted by molar-refractivity contribution is 8.00. The van der Waals surface area contributed by atoms with E-state index in [0.29, 0.717) is 0 Å². The Morgan fingerprint density at radius 1 is 1.07 bits per heavy atom. The van der Waals surface area contributed by atoms with Crippen LogP contribution in [0.15, 0.2) is 0 Å². The van der Waals surface area contributed by atoms with Crippen LogP contribution in [0.3, 0.4) is 0 Å². The summed E-state index contributed by atoms with van der Waals surface area (Å²) in [6.45, 7) is 9.37. The van der Waals surface area contributed by atoms with Gasteiger partial charge in [-0.2, -0.15) is 11.8 Å². The Kier molecular flexibility index (Phi) is 5.36. The molecule has 0 heterocycles. The van der Waals surface area contributed by atoms with Crippen molar-refractivity contribution in [2.75, 3.05) is 0 Å². The Balaban J connectivity index is 2.28. The Morgan fingerprint density at radius 2 is 1.71 bits per heavy atom. The molecular formula is C13H26S. The highest BCUT2D eigenvalue weighted by Crippen LogP contribution is 2.39. The van der Waals surface area contributed by atoms with Gasteiger partial charge in [-0.25, -0.2) is 0 Å². The highest BCUT2D eigenvalue weighted by atomic mass is 32.2. The zero-order valence-corrected chi connectivity index (χ0v) is 11.1. The SMILES string of the molecule is CC(C)CCC(SC(C)C)C1CCC1. The normalized spacial score (nSPS) is 20.1. The lowest BCUT2D eigenvalue weighted by Crippen LogP contribution is -2.26. The summed E-state index contributed by atoms with van der Waals surface area (Å²) in [5, 5.41) is 1.78. The van der Waals surface area contributed by atoms with Crippen molar-refractivity contribution in [3.05, 3.63) is 0 Å². The topological polar surface area (TPSA) is 0 Å². The van der Waals surface area contributed by atoms with Crippen LogP contribution in [0.5, 0.6) is 0 Å². The monoisotopic (exact) mass is 214 g/mol. The van der Waals surface area contributed by atoms with E-state index in [0.717, 1.165) is 22.3 Å². The Labute approximate surface area is 94.2 Å². The molecule has 1 saturated carbocycles. The van der Waals surface area contributed by atoms with Gasteiger partial charge in [0.2, 0.25) is 0 Å². The van der Waals surface area contributed by atoms with Crippen LogP contribution in [-0.2, 0) is 0 Å². The summed E-state index contributed by atoms with van der Waals surface area (Å²) in [5.41, 5.74) is 0. The van der Waals surface area contributed by atoms with Crippen molar-refractivity contribution in [2.24, 2.45) is 11.8 Å². The summed E-state index contributed by atoms with van der Waals surface area (Å²) in [5.74, 6) is 1.94. The lowest BCUT2D eigenvalue weighted by molar-refractivity contribution is 0.291. The fourth-order valence-corrected chi connectivity index (χ4v) is 3.54. The lowest BCUT2D eigenvalue weighted by Gasteiger charge is -2.34. The first-order valence-corrected chi connectivity index (χ1v) is 7.19. The zero-order chi connectivity index (χ0) is 10.6. The predicted octanol–water partition coefficient (Wildman–Crippen LogP) is 4.73. The molecule has 0 aromatic rings. The van der Waals surface area contributed by atoms with E-state index in [1.165, 1.54) is 32.1 Å². The van der Waals surface area contributed by atoms with E-state index in [4.69, 9.17) is 0 Å². The molecule has 0 aromatic heterocycles. The van der Waals surface area contributed by atoms with Gasteiger partial charge >= 0.3 is 0 Å². The van der Waals surface area contributed by atoms with Crippen LogP contribution >= 0.6 is 11.8 Å². The molecule has 84 valence electrons. The van der Waals surface area contributed by atoms with Crippen LogP contribution in [0.4, 0.5) is 0 Å². The van der Waals surface area contributed by atoms with Gasteiger partial charge < -0.3 is 0 Å². The second-order valence-corrected chi connectivity index (χ2v) is 7.21. The molecule has 0 aliphatic heterocycles. The minimum absolute atomic E-state index is 0.813. The van der Waals surface area contributed by atoms with Crippen LogP contribution in [0.25, 0.3) is 0 Å². The zero-order valence-electron chi connectivity index (χ0n) is 10.3. The molecule has 1 rings (SSSR count). The second-order valence-electron chi connectivity index (χ2n) is 5.39. The molecule has 1 aliphatic rings. The first-order valence-electron chi connectivity index (χ1n) is 6.25. The highest BCUT2D eigenvalue weighted by Gasteiger charge is 2.27. The van der Waals surface area contributed by atoms with Gasteiger partial charge in [-0.15, -0.1) is 0 Å². The van der Waals surface area contributed by atoms with Crippen LogP contribution < -0.4 is 0 Å². The molecule has 0 spiro atoms. The second kappa shape index (κ2) is 6.05. The fourth-order valence-electron chi connectivity index (χ4n) is 2.07. The van der Waals surface area contributed by atoms with E-state index < -0.39 is 0 Å². The van der Waals surface area contributed by atoms with Crippen LogP contribution in [0.2, 0.25) is 0 Å². The van der Waals surface area contributed by atoms with Crippen LogP contribution in [0.1, 0.15) is 59.8 Å². The van der Waals surface area contributed by atoms with Crippen LogP contribution in [-0.4, -0.2) is 10.5 Å². The van der Waals surface area contributed by atoms with Crippen molar-refractivity contribution < 1.29 is 0 Å². The van der Waals surface area contributed by atoms with E-state index in [9.17, 15) is 0 Å². The third-order valence-corrected chi connectivity index (χ3v) is 4.67. The molecular weight excluding hydrogens is 188 g/mol. The summed E-state index contributed by atoms with van der Waals surface area (Å²) in [6.07, 6.45) is 7.36. The maximum Gasteiger partial charge on any atom is 0.00779 e. The van der Waals surface area contributed by atoms with E-state index in [2.05, 4.69) is 39.5 Å². The molecule has 1 heteroatoms. The summed E-state index contributed by atoms with van der Waals surface area (Å²) >= 11 is 2.23. The van der Waals surface area contributed by atoms with Crippen molar-refractivity contribution in [3.63, 3.8) is 0 Å². The standard InChI is InChI=1S/C13H26S/c1-10(2)8-9-13(14-11(3)4)12-6-5-7-12/h10-13H,5-9H2,1-4H3. The van der Waals surface area contributed by atoms with E-state index in [1.54, 1.807) is 0 Å². The smallest absolute Gasteiger partial charge is 0.00779 e. The lowest BCUT2D eigenvalue weighted by atomic mass is 9.81. The fraction of sp³-hybridized carbons (Fsp3) is 1.00. The predicted molar refractivity (Wildman–Crippen MR) is 67.9 cm³/mol. The summed E-state index contributed by atoms with van der Waals surface area (Å²) in [6, 6.07) is 0. The van der Waals surface area contributed by atoms with Gasteiger partial charge in [-0.1, -0.05) is 34.1 Å². The molecule has 0 saturated heterocycles. The molecule has 0 nitrogen and oxygen atoms in total. The first kappa shape index (κ1) is 12.4. The van der Waals surface area contributed by atoms with Crippen molar-refractivity contribution in [3.8, 4) is 0 Å². The molecule has 1 fully saturated rings. The Hall–Kier alpha value is 0.350. The number of hydrogen-bond donors (Lipinski definition) is 0. The van der Waals surface area contributed by atoms with Gasteiger partial charge in [-0.3, -0.25) is 0 Å². The third-order valence-electron chi connectivity index (χ3n) is 3.15. The number of rotatable bonds is 6. The molecule has 0 radical (unpaired) electrons. The molecule has 1 aliphatic carbocycles. The van der Waals surface area contributed by atoms with Gasteiger partial charge in [0.15, 0.2) is 0 Å². The van der Waals surface area contributed by atoms with Crippen molar-refractivity contribution in [1.29, 1.82) is 0 Å². The van der Waals surface area contributed by atoms with Crippen molar-refractivity contribution in [1.82, 2.24) is 0 Å². The maximum atomic E-state index is 2.35. The molecule has 14 heavy (non-hydrogen) atoms. The Morgan fingerprint density at radius 3 is 2.07 bits per heavy atom. The summed E-state index contributed by atoms with van der Waals surface area (Å²) in [7, 11) is 0. The minimum Gasteiger partial charge on any atom is -0.155 e. The van der Waals surface area contributed by atoms with E-state index >= 15 is 0 Å². The third kappa shape index (κ3) is 4.25.